The van der Waals surface area contributed by atoms with E-state index in [-0.39, 0.29) is 23.9 Å². The van der Waals surface area contributed by atoms with Crippen LogP contribution in [0.4, 0.5) is 13.2 Å². The van der Waals surface area contributed by atoms with E-state index in [1.165, 1.54) is 25.7 Å². The van der Waals surface area contributed by atoms with E-state index >= 15 is 0 Å². The molecule has 0 aromatic carbocycles. The minimum Gasteiger partial charge on any atom is -0.393 e. The van der Waals surface area contributed by atoms with Gasteiger partial charge in [0.1, 0.15) is 10.6 Å². The fraction of sp³-hybridized carbons (Fsp3) is 0.812. The zero-order valence-electron chi connectivity index (χ0n) is 25.3. The number of hydrogen-bond acceptors (Lipinski definition) is 5. The first-order valence-electron chi connectivity index (χ1n) is 15.9. The van der Waals surface area contributed by atoms with Crippen LogP contribution >= 0.6 is 0 Å². The van der Waals surface area contributed by atoms with Crippen LogP contribution in [0, 0.1) is 52.3 Å². The molecule has 236 valence electrons. The van der Waals surface area contributed by atoms with Gasteiger partial charge in [0.15, 0.2) is 0 Å². The molecular formula is C32H47F3N2O4S. The first-order chi connectivity index (χ1) is 19.6. The van der Waals surface area contributed by atoms with Gasteiger partial charge in [-0.05, 0) is 109 Å². The normalized spacial score (nSPS) is 39.1. The molecule has 0 saturated heterocycles. The predicted molar refractivity (Wildman–Crippen MR) is 153 cm³/mol. The first kappa shape index (κ1) is 31.7. The van der Waals surface area contributed by atoms with Crippen LogP contribution in [0.25, 0.3) is 0 Å². The molecule has 4 aliphatic carbocycles. The van der Waals surface area contributed by atoms with Crippen molar-refractivity contribution >= 4 is 15.9 Å². The van der Waals surface area contributed by atoms with Crippen molar-refractivity contribution in [3.8, 4) is 0 Å². The Labute approximate surface area is 248 Å². The van der Waals surface area contributed by atoms with Crippen molar-refractivity contribution < 1.29 is 31.5 Å². The molecule has 4 unspecified atom stereocenters. The van der Waals surface area contributed by atoms with Gasteiger partial charge in [0, 0.05) is 12.6 Å². The van der Waals surface area contributed by atoms with Gasteiger partial charge >= 0.3 is 6.18 Å². The number of pyridine rings is 1. The minimum absolute atomic E-state index is 0.0119. The molecule has 1 aromatic heterocycles. The largest absolute Gasteiger partial charge is 0.433 e. The summed E-state index contributed by atoms with van der Waals surface area (Å²) in [6, 6.07) is 1.40. The lowest BCUT2D eigenvalue weighted by Gasteiger charge is -2.64. The maximum Gasteiger partial charge on any atom is 0.433 e. The fourth-order valence-corrected chi connectivity index (χ4v) is 11.5. The second-order valence-corrected chi connectivity index (χ2v) is 16.0. The fourth-order valence-electron chi connectivity index (χ4n) is 10.5. The smallest absolute Gasteiger partial charge is 0.393 e. The Morgan fingerprint density at radius 1 is 1.07 bits per heavy atom. The molecule has 4 saturated carbocycles. The van der Waals surface area contributed by atoms with E-state index in [2.05, 4.69) is 32.7 Å². The molecule has 2 N–H and O–H groups in total. The molecule has 1 aromatic rings. The average molecular weight is 613 g/mol. The van der Waals surface area contributed by atoms with Gasteiger partial charge in [-0.15, -0.1) is 0 Å². The number of hydrogen-bond donors (Lipinski definition) is 2. The van der Waals surface area contributed by atoms with Gasteiger partial charge in [-0.2, -0.15) is 13.2 Å². The Balaban J connectivity index is 1.23. The summed E-state index contributed by atoms with van der Waals surface area (Å²) in [4.78, 5) is 15.4. The third-order valence-corrected chi connectivity index (χ3v) is 13.9. The molecule has 10 heteroatoms. The minimum atomic E-state index is -4.68. The summed E-state index contributed by atoms with van der Waals surface area (Å²) >= 11 is 0. The molecule has 5 rings (SSSR count). The van der Waals surface area contributed by atoms with Crippen LogP contribution in [0.1, 0.15) is 104 Å². The van der Waals surface area contributed by atoms with Gasteiger partial charge in [0.25, 0.3) is 10.0 Å². The van der Waals surface area contributed by atoms with Crippen molar-refractivity contribution in [2.24, 2.45) is 52.3 Å². The number of aliphatic hydroxyl groups is 1. The second-order valence-electron chi connectivity index (χ2n) is 14.4. The zero-order valence-corrected chi connectivity index (χ0v) is 26.1. The average Bonchev–Trinajstić information content (AvgIpc) is 3.28. The molecule has 0 spiro atoms. The van der Waals surface area contributed by atoms with Gasteiger partial charge in [0.2, 0.25) is 5.91 Å². The van der Waals surface area contributed by atoms with Crippen molar-refractivity contribution in [1.82, 2.24) is 9.71 Å². The lowest BCUT2D eigenvalue weighted by molar-refractivity contribution is -0.194. The number of nitrogens with one attached hydrogen (secondary N) is 1. The van der Waals surface area contributed by atoms with Crippen molar-refractivity contribution in [3.05, 3.63) is 24.0 Å². The number of sulfonamides is 1. The molecule has 42 heavy (non-hydrogen) atoms. The third kappa shape index (κ3) is 5.41. The Morgan fingerprint density at radius 2 is 1.79 bits per heavy atom. The number of carbonyl (C=O) groups excluding carboxylic acids is 1. The molecule has 0 radical (unpaired) electrons. The number of rotatable bonds is 7. The number of nitrogens with zero attached hydrogens (tertiary/aromatic N) is 1. The van der Waals surface area contributed by atoms with E-state index in [4.69, 9.17) is 0 Å². The van der Waals surface area contributed by atoms with Crippen LogP contribution in [0.5, 0.6) is 0 Å². The van der Waals surface area contributed by atoms with Crippen LogP contribution in [-0.2, 0) is 21.0 Å². The van der Waals surface area contributed by atoms with Crippen molar-refractivity contribution in [2.45, 2.75) is 115 Å². The van der Waals surface area contributed by atoms with Gasteiger partial charge < -0.3 is 5.11 Å². The van der Waals surface area contributed by atoms with Crippen molar-refractivity contribution in [1.29, 1.82) is 0 Å². The maximum absolute atomic E-state index is 12.8. The quantitative estimate of drug-likeness (QED) is 0.347. The lowest BCUT2D eigenvalue weighted by atomic mass is 9.41. The topological polar surface area (TPSA) is 96.4 Å². The Morgan fingerprint density at radius 3 is 2.43 bits per heavy atom. The number of aliphatic hydroxyl groups excluding tert-OH is 1. The van der Waals surface area contributed by atoms with E-state index < -0.39 is 32.7 Å². The lowest BCUT2D eigenvalue weighted by Crippen LogP contribution is -2.61. The maximum atomic E-state index is 12.8. The van der Waals surface area contributed by atoms with Crippen LogP contribution in [0.2, 0.25) is 0 Å². The zero-order chi connectivity index (χ0) is 30.7. The van der Waals surface area contributed by atoms with Gasteiger partial charge in [-0.1, -0.05) is 47.0 Å². The van der Waals surface area contributed by atoms with Crippen LogP contribution in [0.3, 0.4) is 0 Å². The molecule has 1 amide bonds. The SMILES string of the molecule is CC[C@H]1C(O)C2C3CC[C@H]([C@H](C)CCC(=O)NS(=O)(=O)c4ccc(C(F)(F)F)nc4)[C@@]3(C)CCC2[C@@]2(C)CCCC[C@@H]12. The van der Waals surface area contributed by atoms with Crippen molar-refractivity contribution in [2.75, 3.05) is 0 Å². The Bertz CT molecular complexity index is 1260. The summed E-state index contributed by atoms with van der Waals surface area (Å²) < 4.78 is 65.6. The second kappa shape index (κ2) is 11.4. The molecule has 0 aliphatic heterocycles. The van der Waals surface area contributed by atoms with Gasteiger partial charge in [-0.3, -0.25) is 9.78 Å². The number of amides is 1. The molecule has 4 fully saturated rings. The van der Waals surface area contributed by atoms with Crippen LogP contribution in [0.15, 0.2) is 23.2 Å². The molecular weight excluding hydrogens is 565 g/mol. The summed E-state index contributed by atoms with van der Waals surface area (Å²) in [5.41, 5.74) is -0.816. The summed E-state index contributed by atoms with van der Waals surface area (Å²) in [6.45, 7) is 9.31. The van der Waals surface area contributed by atoms with E-state index in [0.29, 0.717) is 59.6 Å². The molecule has 0 bridgehead atoms. The van der Waals surface area contributed by atoms with E-state index in [1.54, 1.807) is 0 Å². The number of fused-ring (bicyclic) bond motifs is 5. The molecule has 10 atom stereocenters. The summed E-state index contributed by atoms with van der Waals surface area (Å²) in [7, 11) is -4.32. The predicted octanol–water partition coefficient (Wildman–Crippen LogP) is 6.98. The van der Waals surface area contributed by atoms with Gasteiger partial charge in [-0.25, -0.2) is 13.1 Å². The van der Waals surface area contributed by atoms with E-state index in [1.807, 2.05) is 4.72 Å². The number of alkyl halides is 3. The number of carbonyl (C=O) groups is 1. The highest BCUT2D eigenvalue weighted by molar-refractivity contribution is 7.90. The molecule has 6 nitrogen and oxygen atoms in total. The van der Waals surface area contributed by atoms with Crippen LogP contribution in [-0.4, -0.2) is 30.5 Å². The summed E-state index contributed by atoms with van der Waals surface area (Å²) in [6.07, 6.45) is 6.71. The molecule has 1 heterocycles. The third-order valence-electron chi connectivity index (χ3n) is 12.5. The molecule has 4 aliphatic rings. The number of halogens is 3. The highest BCUT2D eigenvalue weighted by atomic mass is 32.2. The summed E-state index contributed by atoms with van der Waals surface area (Å²) in [5, 5.41) is 11.9. The highest BCUT2D eigenvalue weighted by Crippen LogP contribution is 2.69. The standard InChI is InChI=1S/C32H47F3N2O4S/c1-5-21-23-8-6-7-16-30(23,3)25-15-17-31(4)22(11-12-24(31)28(25)29(21)39)19(2)9-14-27(38)37-42(40,41)20-10-13-26(36-18-20)32(33,34)35/h10,13,18-19,21-25,28-29,39H,5-9,11-12,14-17H2,1-4H3,(H,37,38)/t19-,21-,22-,23+,24?,25?,28?,29?,30+,31-/m1/s1. The number of aromatic nitrogens is 1. The van der Waals surface area contributed by atoms with E-state index in [0.717, 1.165) is 38.2 Å². The first-order valence-corrected chi connectivity index (χ1v) is 17.4. The monoisotopic (exact) mass is 612 g/mol. The van der Waals surface area contributed by atoms with Crippen molar-refractivity contribution in [3.63, 3.8) is 0 Å². The highest BCUT2D eigenvalue weighted by Gasteiger charge is 2.64. The summed E-state index contributed by atoms with van der Waals surface area (Å²) in [5.74, 6) is 2.21. The van der Waals surface area contributed by atoms with E-state index in [9.17, 15) is 31.5 Å². The Hall–Kier alpha value is -1.68. The van der Waals surface area contributed by atoms with Crippen LogP contribution < -0.4 is 4.72 Å². The van der Waals surface area contributed by atoms with Gasteiger partial charge in [0.05, 0.1) is 6.10 Å². The Kier molecular flexibility index (Phi) is 8.58.